The van der Waals surface area contributed by atoms with Crippen LogP contribution in [0.25, 0.3) is 0 Å². The zero-order valence-electron chi connectivity index (χ0n) is 14.9. The monoisotopic (exact) mass is 455 g/mol. The molecule has 0 saturated carbocycles. The third kappa shape index (κ3) is 7.21. The van der Waals surface area contributed by atoms with Gasteiger partial charge in [0.2, 0.25) is 0 Å². The second-order valence-electron chi connectivity index (χ2n) is 5.33. The fraction of sp³-hybridized carbons (Fsp3) is 0.316. The van der Waals surface area contributed by atoms with Crippen LogP contribution in [-0.2, 0) is 6.54 Å². The maximum Gasteiger partial charge on any atom is 0.193 e. The van der Waals surface area contributed by atoms with Crippen LogP contribution in [0.5, 0.6) is 11.5 Å². The van der Waals surface area contributed by atoms with Crippen LogP contribution < -0.4 is 14.8 Å². The molecular weight excluding hydrogens is 429 g/mol. The summed E-state index contributed by atoms with van der Waals surface area (Å²) in [6, 6.07) is 17.8. The molecule has 1 N–H and O–H groups in total. The highest BCUT2D eigenvalue weighted by atomic mass is 127. The second kappa shape index (κ2) is 11.6. The summed E-state index contributed by atoms with van der Waals surface area (Å²) in [6.45, 7) is 2.06. The Morgan fingerprint density at radius 2 is 1.72 bits per heavy atom. The van der Waals surface area contributed by atoms with Gasteiger partial charge in [-0.2, -0.15) is 0 Å². The number of rotatable bonds is 7. The molecule has 0 aliphatic rings. The molecule has 0 aromatic heterocycles. The normalized spacial score (nSPS) is 10.6. The Morgan fingerprint density at radius 3 is 2.32 bits per heavy atom. The first-order valence-electron chi connectivity index (χ1n) is 7.95. The SMILES string of the molecule is CN=C(NCc1ccc(OC)cc1)N(C)CCOc1ccccc1.I. The molecule has 0 fully saturated rings. The molecule has 0 radical (unpaired) electrons. The molecule has 0 saturated heterocycles. The van der Waals surface area contributed by atoms with Crippen LogP contribution in [-0.4, -0.2) is 45.2 Å². The summed E-state index contributed by atoms with van der Waals surface area (Å²) < 4.78 is 10.9. The maximum absolute atomic E-state index is 5.72. The zero-order valence-corrected chi connectivity index (χ0v) is 17.3. The molecule has 2 aromatic carbocycles. The minimum atomic E-state index is 0. The van der Waals surface area contributed by atoms with E-state index in [0.717, 1.165) is 24.0 Å². The Kier molecular flexibility index (Phi) is 9.76. The van der Waals surface area contributed by atoms with Crippen molar-refractivity contribution in [2.24, 2.45) is 4.99 Å². The molecule has 0 aliphatic carbocycles. The summed E-state index contributed by atoms with van der Waals surface area (Å²) in [6.07, 6.45) is 0. The van der Waals surface area contributed by atoms with Crippen LogP contribution in [0.3, 0.4) is 0 Å². The fourth-order valence-corrected chi connectivity index (χ4v) is 2.23. The van der Waals surface area contributed by atoms with E-state index in [9.17, 15) is 0 Å². The molecule has 0 spiro atoms. The quantitative estimate of drug-likeness (QED) is 0.395. The van der Waals surface area contributed by atoms with E-state index in [1.807, 2.05) is 66.5 Å². The van der Waals surface area contributed by atoms with Crippen LogP contribution in [0.4, 0.5) is 0 Å². The van der Waals surface area contributed by atoms with Gasteiger partial charge in [-0.25, -0.2) is 0 Å². The molecule has 2 rings (SSSR count). The first-order chi connectivity index (χ1) is 11.7. The van der Waals surface area contributed by atoms with E-state index in [-0.39, 0.29) is 24.0 Å². The van der Waals surface area contributed by atoms with Gasteiger partial charge in [-0.05, 0) is 29.8 Å². The Morgan fingerprint density at radius 1 is 1.04 bits per heavy atom. The summed E-state index contributed by atoms with van der Waals surface area (Å²) in [5.41, 5.74) is 1.17. The van der Waals surface area contributed by atoms with Crippen molar-refractivity contribution in [1.29, 1.82) is 0 Å². The van der Waals surface area contributed by atoms with Gasteiger partial charge >= 0.3 is 0 Å². The smallest absolute Gasteiger partial charge is 0.193 e. The van der Waals surface area contributed by atoms with Gasteiger partial charge < -0.3 is 19.7 Å². The number of hydrogen-bond donors (Lipinski definition) is 1. The van der Waals surface area contributed by atoms with Crippen LogP contribution in [0.2, 0.25) is 0 Å². The van der Waals surface area contributed by atoms with Crippen molar-refractivity contribution in [3.05, 3.63) is 60.2 Å². The van der Waals surface area contributed by atoms with Crippen molar-refractivity contribution in [3.8, 4) is 11.5 Å². The van der Waals surface area contributed by atoms with Gasteiger partial charge in [0.25, 0.3) is 0 Å². The molecule has 5 nitrogen and oxygen atoms in total. The number of hydrogen-bond acceptors (Lipinski definition) is 3. The highest BCUT2D eigenvalue weighted by molar-refractivity contribution is 14.0. The Balaban J connectivity index is 0.00000312. The third-order valence-electron chi connectivity index (χ3n) is 3.62. The second-order valence-corrected chi connectivity index (χ2v) is 5.33. The average molecular weight is 455 g/mol. The number of nitrogens with one attached hydrogen (secondary N) is 1. The highest BCUT2D eigenvalue weighted by Crippen LogP contribution is 2.11. The Bertz CT molecular complexity index is 633. The van der Waals surface area contributed by atoms with E-state index in [0.29, 0.717) is 13.2 Å². The summed E-state index contributed by atoms with van der Waals surface area (Å²) in [7, 11) is 5.45. The van der Waals surface area contributed by atoms with Gasteiger partial charge in [0.15, 0.2) is 5.96 Å². The maximum atomic E-state index is 5.72. The number of likely N-dealkylation sites (N-methyl/N-ethyl adjacent to an activating group) is 1. The number of methoxy groups -OCH3 is 1. The largest absolute Gasteiger partial charge is 0.497 e. The lowest BCUT2D eigenvalue weighted by Crippen LogP contribution is -2.40. The number of para-hydroxylation sites is 1. The fourth-order valence-electron chi connectivity index (χ4n) is 2.23. The molecule has 6 heteroatoms. The van der Waals surface area contributed by atoms with Gasteiger partial charge in [0, 0.05) is 20.6 Å². The average Bonchev–Trinajstić information content (AvgIpc) is 2.63. The molecule has 0 heterocycles. The minimum Gasteiger partial charge on any atom is -0.497 e. The molecule has 0 aliphatic heterocycles. The topological polar surface area (TPSA) is 46.1 Å². The molecule has 0 unspecified atom stereocenters. The van der Waals surface area contributed by atoms with Gasteiger partial charge in [0.1, 0.15) is 18.1 Å². The van der Waals surface area contributed by atoms with Crippen LogP contribution in [0.1, 0.15) is 5.56 Å². The van der Waals surface area contributed by atoms with Crippen molar-refractivity contribution in [2.45, 2.75) is 6.54 Å². The number of ether oxygens (including phenoxy) is 2. The van der Waals surface area contributed by atoms with Crippen LogP contribution >= 0.6 is 24.0 Å². The molecule has 0 amide bonds. The van der Waals surface area contributed by atoms with Crippen LogP contribution in [0.15, 0.2) is 59.6 Å². The van der Waals surface area contributed by atoms with Gasteiger partial charge in [0.05, 0.1) is 13.7 Å². The minimum absolute atomic E-state index is 0. The van der Waals surface area contributed by atoms with Crippen molar-refractivity contribution in [1.82, 2.24) is 10.2 Å². The number of benzene rings is 2. The molecule has 136 valence electrons. The van der Waals surface area contributed by atoms with E-state index < -0.39 is 0 Å². The first kappa shape index (κ1) is 21.1. The lowest BCUT2D eigenvalue weighted by Gasteiger charge is -2.22. The summed E-state index contributed by atoms with van der Waals surface area (Å²) in [5.74, 6) is 2.58. The van der Waals surface area contributed by atoms with Crippen molar-refractivity contribution in [3.63, 3.8) is 0 Å². The van der Waals surface area contributed by atoms with Gasteiger partial charge in [-0.1, -0.05) is 30.3 Å². The number of nitrogens with zero attached hydrogens (tertiary/aromatic N) is 2. The first-order valence-corrected chi connectivity index (χ1v) is 7.95. The molecule has 2 aromatic rings. The van der Waals surface area contributed by atoms with Gasteiger partial charge in [-0.3, -0.25) is 4.99 Å². The molecule has 0 atom stereocenters. The molecular formula is C19H26IN3O2. The van der Waals surface area contributed by atoms with E-state index in [4.69, 9.17) is 9.47 Å². The highest BCUT2D eigenvalue weighted by Gasteiger charge is 2.06. The predicted molar refractivity (Wildman–Crippen MR) is 113 cm³/mol. The number of aliphatic imine (C=N–C) groups is 1. The van der Waals surface area contributed by atoms with Crippen LogP contribution in [0, 0.1) is 0 Å². The molecule has 0 bridgehead atoms. The van der Waals surface area contributed by atoms with Crippen molar-refractivity contribution in [2.75, 3.05) is 34.4 Å². The lowest BCUT2D eigenvalue weighted by atomic mass is 10.2. The number of halogens is 1. The van der Waals surface area contributed by atoms with Gasteiger partial charge in [-0.15, -0.1) is 24.0 Å². The Hall–Kier alpha value is -1.96. The molecule has 25 heavy (non-hydrogen) atoms. The van der Waals surface area contributed by atoms with E-state index >= 15 is 0 Å². The standard InChI is InChI=1S/C19H25N3O2.HI/c1-20-19(21-15-16-9-11-17(23-3)12-10-16)22(2)13-14-24-18-7-5-4-6-8-18;/h4-12H,13-15H2,1-3H3,(H,20,21);1H. The van der Waals surface area contributed by atoms with Crippen molar-refractivity contribution >= 4 is 29.9 Å². The third-order valence-corrected chi connectivity index (χ3v) is 3.62. The Labute approximate surface area is 167 Å². The van der Waals surface area contributed by atoms with Crippen molar-refractivity contribution < 1.29 is 9.47 Å². The summed E-state index contributed by atoms with van der Waals surface area (Å²) in [4.78, 5) is 6.36. The summed E-state index contributed by atoms with van der Waals surface area (Å²) >= 11 is 0. The summed E-state index contributed by atoms with van der Waals surface area (Å²) in [5, 5.41) is 3.35. The lowest BCUT2D eigenvalue weighted by molar-refractivity contribution is 0.281. The zero-order chi connectivity index (χ0) is 17.2. The predicted octanol–water partition coefficient (Wildman–Crippen LogP) is 3.40. The van der Waals surface area contributed by atoms with E-state index in [1.165, 1.54) is 5.56 Å². The number of guanidine groups is 1. The van der Waals surface area contributed by atoms with E-state index in [1.54, 1.807) is 14.2 Å². The van der Waals surface area contributed by atoms with E-state index in [2.05, 4.69) is 10.3 Å².